The molecule has 0 fully saturated rings. The summed E-state index contributed by atoms with van der Waals surface area (Å²) in [5.41, 5.74) is 1.52. The van der Waals surface area contributed by atoms with Crippen LogP contribution in [0.25, 0.3) is 0 Å². The summed E-state index contributed by atoms with van der Waals surface area (Å²) in [6.45, 7) is 3.15. The van der Waals surface area contributed by atoms with Gasteiger partial charge in [0.1, 0.15) is 11.8 Å². The van der Waals surface area contributed by atoms with E-state index in [9.17, 15) is 18.0 Å². The summed E-state index contributed by atoms with van der Waals surface area (Å²) in [7, 11) is -1.03. The predicted molar refractivity (Wildman–Crippen MR) is 111 cm³/mol. The highest BCUT2D eigenvalue weighted by Gasteiger charge is 2.30. The molecule has 1 atom stereocenters. The van der Waals surface area contributed by atoms with E-state index in [1.165, 1.54) is 27.2 Å². The van der Waals surface area contributed by atoms with E-state index >= 15 is 0 Å². The Morgan fingerprint density at radius 2 is 1.76 bits per heavy atom. The van der Waals surface area contributed by atoms with Crippen LogP contribution in [0, 0.1) is 6.92 Å². The molecule has 0 aliphatic carbocycles. The third-order valence-corrected chi connectivity index (χ3v) is 5.63. The van der Waals surface area contributed by atoms with Crippen molar-refractivity contribution in [3.63, 3.8) is 0 Å². The first-order valence-electron chi connectivity index (χ1n) is 8.72. The molecule has 2 rings (SSSR count). The van der Waals surface area contributed by atoms with Gasteiger partial charge in [0, 0.05) is 11.8 Å². The Morgan fingerprint density at radius 1 is 1.10 bits per heavy atom. The number of benzene rings is 2. The van der Waals surface area contributed by atoms with Crippen LogP contribution in [-0.2, 0) is 19.6 Å². The van der Waals surface area contributed by atoms with Gasteiger partial charge in [-0.3, -0.25) is 9.10 Å². The Morgan fingerprint density at radius 3 is 2.34 bits per heavy atom. The average Bonchev–Trinajstić information content (AvgIpc) is 2.68. The lowest BCUT2D eigenvalue weighted by atomic mass is 10.1. The van der Waals surface area contributed by atoms with Crippen molar-refractivity contribution in [3.05, 3.63) is 53.6 Å². The number of nitrogens with one attached hydrogen (secondary N) is 1. The molecular weight excluding hydrogens is 396 g/mol. The molecule has 9 heteroatoms. The van der Waals surface area contributed by atoms with Crippen molar-refractivity contribution in [1.82, 2.24) is 0 Å². The normalized spacial score (nSPS) is 12.0. The maximum Gasteiger partial charge on any atom is 0.338 e. The van der Waals surface area contributed by atoms with E-state index in [0.717, 1.165) is 10.6 Å². The zero-order valence-electron chi connectivity index (χ0n) is 16.9. The van der Waals surface area contributed by atoms with E-state index in [1.54, 1.807) is 43.3 Å². The van der Waals surface area contributed by atoms with Crippen LogP contribution in [-0.4, -0.2) is 46.8 Å². The van der Waals surface area contributed by atoms with E-state index in [-0.39, 0.29) is 0 Å². The number of hydrogen-bond donors (Lipinski definition) is 1. The summed E-state index contributed by atoms with van der Waals surface area (Å²) in [5, 5.41) is 2.70. The first kappa shape index (κ1) is 22.2. The first-order chi connectivity index (χ1) is 13.6. The predicted octanol–water partition coefficient (Wildman–Crippen LogP) is 2.58. The minimum Gasteiger partial charge on any atom is -0.497 e. The number of nitrogens with zero attached hydrogens (tertiary/aromatic N) is 1. The quantitative estimate of drug-likeness (QED) is 0.691. The van der Waals surface area contributed by atoms with Gasteiger partial charge in [-0.05, 0) is 43.7 Å². The molecule has 0 saturated carbocycles. The van der Waals surface area contributed by atoms with Crippen molar-refractivity contribution < 1.29 is 27.5 Å². The lowest BCUT2D eigenvalue weighted by molar-refractivity contribution is -0.116. The fourth-order valence-electron chi connectivity index (χ4n) is 2.90. The van der Waals surface area contributed by atoms with Gasteiger partial charge in [-0.15, -0.1) is 0 Å². The third kappa shape index (κ3) is 5.05. The summed E-state index contributed by atoms with van der Waals surface area (Å²) in [6.07, 6.45) is 1.03. The molecule has 0 heterocycles. The van der Waals surface area contributed by atoms with Crippen molar-refractivity contribution >= 4 is 33.3 Å². The second-order valence-electron chi connectivity index (χ2n) is 6.40. The van der Waals surface area contributed by atoms with Crippen LogP contribution >= 0.6 is 0 Å². The lowest BCUT2D eigenvalue weighted by Crippen LogP contribution is -2.45. The highest BCUT2D eigenvalue weighted by Crippen LogP contribution is 2.26. The summed E-state index contributed by atoms with van der Waals surface area (Å²) in [5.74, 6) is -0.616. The highest BCUT2D eigenvalue weighted by molar-refractivity contribution is 7.92. The van der Waals surface area contributed by atoms with Gasteiger partial charge < -0.3 is 14.8 Å². The van der Waals surface area contributed by atoms with E-state index in [2.05, 4.69) is 5.32 Å². The van der Waals surface area contributed by atoms with Gasteiger partial charge >= 0.3 is 5.97 Å². The molecule has 0 saturated heterocycles. The zero-order chi connectivity index (χ0) is 21.8. The molecule has 0 bridgehead atoms. The fraction of sp³-hybridized carbons (Fsp3) is 0.300. The van der Waals surface area contributed by atoms with Crippen molar-refractivity contribution in [1.29, 1.82) is 0 Å². The van der Waals surface area contributed by atoms with E-state index in [0.29, 0.717) is 28.3 Å². The summed E-state index contributed by atoms with van der Waals surface area (Å²) in [4.78, 5) is 24.7. The van der Waals surface area contributed by atoms with Crippen molar-refractivity contribution in [3.8, 4) is 5.75 Å². The van der Waals surface area contributed by atoms with Crippen molar-refractivity contribution in [2.75, 3.05) is 30.1 Å². The molecule has 2 aromatic rings. The van der Waals surface area contributed by atoms with Crippen molar-refractivity contribution in [2.24, 2.45) is 0 Å². The monoisotopic (exact) mass is 420 g/mol. The molecule has 0 aliphatic rings. The molecule has 2 aromatic carbocycles. The standard InChI is InChI=1S/C20H24N2O6S/c1-13-17(20(24)28-4)10-7-11-18(13)21-19(23)14(2)22(29(5,25)26)15-8-6-9-16(12-15)27-3/h6-12,14H,1-5H3,(H,21,23)/t14-/m1/s1. The summed E-state index contributed by atoms with van der Waals surface area (Å²) < 4.78 is 35.7. The van der Waals surface area contributed by atoms with Gasteiger partial charge in [-0.25, -0.2) is 13.2 Å². The first-order valence-corrected chi connectivity index (χ1v) is 10.6. The van der Waals surface area contributed by atoms with Gasteiger partial charge in [-0.1, -0.05) is 12.1 Å². The summed E-state index contributed by atoms with van der Waals surface area (Å²) in [6, 6.07) is 10.2. The number of methoxy groups -OCH3 is 2. The van der Waals surface area contributed by atoms with E-state index in [4.69, 9.17) is 9.47 Å². The molecule has 0 radical (unpaired) electrons. The molecule has 1 amide bonds. The van der Waals surface area contributed by atoms with Gasteiger partial charge in [0.15, 0.2) is 0 Å². The molecule has 156 valence electrons. The summed E-state index contributed by atoms with van der Waals surface area (Å²) >= 11 is 0. The van der Waals surface area contributed by atoms with Crippen LogP contribution in [0.1, 0.15) is 22.8 Å². The maximum atomic E-state index is 12.9. The van der Waals surface area contributed by atoms with Crippen LogP contribution in [0.3, 0.4) is 0 Å². The molecule has 29 heavy (non-hydrogen) atoms. The van der Waals surface area contributed by atoms with Crippen molar-refractivity contribution in [2.45, 2.75) is 19.9 Å². The molecule has 0 aliphatic heterocycles. The smallest absolute Gasteiger partial charge is 0.338 e. The number of anilines is 2. The van der Waals surface area contributed by atoms with Gasteiger partial charge in [0.25, 0.3) is 0 Å². The second-order valence-corrected chi connectivity index (χ2v) is 8.25. The van der Waals surface area contributed by atoms with Crippen LogP contribution in [0.4, 0.5) is 11.4 Å². The number of rotatable bonds is 7. The maximum absolute atomic E-state index is 12.9. The van der Waals surface area contributed by atoms with Gasteiger partial charge in [0.2, 0.25) is 15.9 Å². The van der Waals surface area contributed by atoms with Crippen LogP contribution in [0.5, 0.6) is 5.75 Å². The fourth-order valence-corrected chi connectivity index (χ4v) is 4.06. The molecule has 0 unspecified atom stereocenters. The largest absolute Gasteiger partial charge is 0.497 e. The Balaban J connectivity index is 2.37. The zero-order valence-corrected chi connectivity index (χ0v) is 17.7. The number of carbonyl (C=O) groups excluding carboxylic acids is 2. The Labute approximate surface area is 170 Å². The number of esters is 1. The molecule has 0 spiro atoms. The van der Waals surface area contributed by atoms with Crippen LogP contribution in [0.2, 0.25) is 0 Å². The highest BCUT2D eigenvalue weighted by atomic mass is 32.2. The average molecular weight is 420 g/mol. The molecule has 8 nitrogen and oxygen atoms in total. The number of amides is 1. The minimum absolute atomic E-state index is 0.300. The Hall–Kier alpha value is -3.07. The van der Waals surface area contributed by atoms with Gasteiger partial charge in [-0.2, -0.15) is 0 Å². The molecule has 1 N–H and O–H groups in total. The van der Waals surface area contributed by atoms with Gasteiger partial charge in [0.05, 0.1) is 31.7 Å². The number of carbonyl (C=O) groups is 2. The van der Waals surface area contributed by atoms with Crippen LogP contribution < -0.4 is 14.4 Å². The lowest BCUT2D eigenvalue weighted by Gasteiger charge is -2.28. The molecular formula is C20H24N2O6S. The Kier molecular flexibility index (Phi) is 6.86. The van der Waals surface area contributed by atoms with E-state index < -0.39 is 27.9 Å². The van der Waals surface area contributed by atoms with Crippen LogP contribution in [0.15, 0.2) is 42.5 Å². The molecule has 0 aromatic heterocycles. The number of hydrogen-bond acceptors (Lipinski definition) is 6. The minimum atomic E-state index is -3.77. The topological polar surface area (TPSA) is 102 Å². The number of sulfonamides is 1. The number of ether oxygens (including phenoxy) is 2. The second kappa shape index (κ2) is 8.95. The SMILES string of the molecule is COC(=O)c1cccc(NC(=O)[C@@H](C)N(c2cccc(OC)c2)S(C)(=O)=O)c1C. The van der Waals surface area contributed by atoms with E-state index in [1.807, 2.05) is 0 Å². The third-order valence-electron chi connectivity index (χ3n) is 4.39. The Bertz CT molecular complexity index is 1020.